The number of carbonyl (C=O) groups excluding carboxylic acids is 1. The third-order valence-electron chi connectivity index (χ3n) is 3.48. The summed E-state index contributed by atoms with van der Waals surface area (Å²) in [5.74, 6) is -0.208. The fourth-order valence-corrected chi connectivity index (χ4v) is 2.56. The lowest BCUT2D eigenvalue weighted by molar-refractivity contribution is -0.384. The van der Waals surface area contributed by atoms with Gasteiger partial charge < -0.3 is 5.32 Å². The molecule has 20 heavy (non-hydrogen) atoms. The molecule has 1 amide bonds. The van der Waals surface area contributed by atoms with Gasteiger partial charge in [0, 0.05) is 30.2 Å². The molecule has 0 saturated heterocycles. The Kier molecular flexibility index (Phi) is 2.95. The molecule has 0 spiro atoms. The summed E-state index contributed by atoms with van der Waals surface area (Å²) in [7, 11) is 0. The molecule has 5 nitrogen and oxygen atoms in total. The molecular formula is C15H12N2O3. The van der Waals surface area contributed by atoms with Crippen LogP contribution in [0, 0.1) is 10.1 Å². The van der Waals surface area contributed by atoms with Gasteiger partial charge in [0.1, 0.15) is 0 Å². The highest BCUT2D eigenvalue weighted by Crippen LogP contribution is 2.37. The van der Waals surface area contributed by atoms with Gasteiger partial charge in [0.25, 0.3) is 5.69 Å². The predicted octanol–water partition coefficient (Wildman–Crippen LogP) is 3.07. The van der Waals surface area contributed by atoms with Crippen molar-refractivity contribution in [2.24, 2.45) is 0 Å². The summed E-state index contributed by atoms with van der Waals surface area (Å²) in [6, 6.07) is 14.0. The van der Waals surface area contributed by atoms with E-state index in [1.807, 2.05) is 30.3 Å². The van der Waals surface area contributed by atoms with E-state index in [0.29, 0.717) is 6.42 Å². The van der Waals surface area contributed by atoms with Gasteiger partial charge in [-0.2, -0.15) is 0 Å². The number of para-hydroxylation sites is 1. The molecule has 2 aromatic carbocycles. The highest BCUT2D eigenvalue weighted by Gasteiger charge is 2.26. The summed E-state index contributed by atoms with van der Waals surface area (Å²) in [4.78, 5) is 22.2. The number of amides is 1. The highest BCUT2D eigenvalue weighted by molar-refractivity contribution is 5.95. The number of nitrogens with one attached hydrogen (secondary N) is 1. The Morgan fingerprint density at radius 3 is 2.75 bits per heavy atom. The van der Waals surface area contributed by atoms with E-state index in [1.54, 1.807) is 12.1 Å². The molecule has 0 saturated carbocycles. The molecule has 0 fully saturated rings. The Bertz CT molecular complexity index is 697. The van der Waals surface area contributed by atoms with Gasteiger partial charge in [-0.05, 0) is 17.2 Å². The van der Waals surface area contributed by atoms with E-state index in [1.165, 1.54) is 6.07 Å². The Labute approximate surface area is 115 Å². The minimum atomic E-state index is -0.418. The van der Waals surface area contributed by atoms with Crippen LogP contribution in [0.1, 0.15) is 23.5 Å². The van der Waals surface area contributed by atoms with Crippen LogP contribution in [0.3, 0.4) is 0 Å². The summed E-state index contributed by atoms with van der Waals surface area (Å²) >= 11 is 0. The largest absolute Gasteiger partial charge is 0.326 e. The van der Waals surface area contributed by atoms with Gasteiger partial charge in [-0.25, -0.2) is 0 Å². The topological polar surface area (TPSA) is 72.2 Å². The zero-order valence-corrected chi connectivity index (χ0v) is 10.6. The molecule has 1 N–H and O–H groups in total. The number of carbonyl (C=O) groups is 1. The lowest BCUT2D eigenvalue weighted by Gasteiger charge is -2.25. The number of hydrogen-bond donors (Lipinski definition) is 1. The number of non-ortho nitro benzene ring substituents is 1. The molecule has 1 atom stereocenters. The van der Waals surface area contributed by atoms with Gasteiger partial charge in [-0.15, -0.1) is 0 Å². The standard InChI is InChI=1S/C15H12N2O3/c18-15-9-13(12-6-1-2-7-14(12)16-15)10-4-3-5-11(8-10)17(19)20/h1-8,13H,9H2,(H,16,18). The molecule has 1 aliphatic heterocycles. The summed E-state index contributed by atoms with van der Waals surface area (Å²) in [5, 5.41) is 13.7. The molecule has 1 aliphatic rings. The van der Waals surface area contributed by atoms with Crippen molar-refractivity contribution in [3.8, 4) is 0 Å². The monoisotopic (exact) mass is 268 g/mol. The smallest absolute Gasteiger partial charge is 0.269 e. The van der Waals surface area contributed by atoms with Crippen LogP contribution < -0.4 is 5.32 Å². The molecule has 2 aromatic rings. The SMILES string of the molecule is O=C1CC(c2cccc([N+](=O)[O-])c2)c2ccccc2N1. The number of fused-ring (bicyclic) bond motifs is 1. The molecule has 5 heteroatoms. The zero-order chi connectivity index (χ0) is 14.1. The van der Waals surface area contributed by atoms with Crippen LogP contribution in [0.25, 0.3) is 0 Å². The Balaban J connectivity index is 2.08. The first-order valence-corrected chi connectivity index (χ1v) is 6.28. The van der Waals surface area contributed by atoms with Gasteiger partial charge in [0.05, 0.1) is 4.92 Å². The first kappa shape index (κ1) is 12.3. The fourth-order valence-electron chi connectivity index (χ4n) is 2.56. The van der Waals surface area contributed by atoms with Crippen LogP contribution in [0.4, 0.5) is 11.4 Å². The van der Waals surface area contributed by atoms with E-state index in [0.717, 1.165) is 16.8 Å². The van der Waals surface area contributed by atoms with Crippen molar-refractivity contribution in [1.82, 2.24) is 0 Å². The molecule has 1 unspecified atom stereocenters. The van der Waals surface area contributed by atoms with Crippen LogP contribution in [-0.2, 0) is 4.79 Å². The van der Waals surface area contributed by atoms with Crippen molar-refractivity contribution in [3.63, 3.8) is 0 Å². The number of nitrogens with zero attached hydrogens (tertiary/aromatic N) is 1. The minimum Gasteiger partial charge on any atom is -0.326 e. The molecule has 0 bridgehead atoms. The second kappa shape index (κ2) is 4.77. The van der Waals surface area contributed by atoms with Gasteiger partial charge in [0.15, 0.2) is 0 Å². The number of rotatable bonds is 2. The quantitative estimate of drug-likeness (QED) is 0.672. The van der Waals surface area contributed by atoms with Gasteiger partial charge in [-0.1, -0.05) is 30.3 Å². The Morgan fingerprint density at radius 2 is 1.95 bits per heavy atom. The molecule has 0 aliphatic carbocycles. The van der Waals surface area contributed by atoms with Crippen LogP contribution >= 0.6 is 0 Å². The predicted molar refractivity (Wildman–Crippen MR) is 74.6 cm³/mol. The van der Waals surface area contributed by atoms with E-state index in [2.05, 4.69) is 5.32 Å². The Hall–Kier alpha value is -2.69. The maximum Gasteiger partial charge on any atom is 0.269 e. The second-order valence-corrected chi connectivity index (χ2v) is 4.74. The zero-order valence-electron chi connectivity index (χ0n) is 10.6. The van der Waals surface area contributed by atoms with Crippen molar-refractivity contribution in [3.05, 3.63) is 69.8 Å². The van der Waals surface area contributed by atoms with Crippen molar-refractivity contribution in [2.75, 3.05) is 5.32 Å². The molecule has 3 rings (SSSR count). The van der Waals surface area contributed by atoms with Crippen molar-refractivity contribution < 1.29 is 9.72 Å². The van der Waals surface area contributed by atoms with E-state index < -0.39 is 4.92 Å². The van der Waals surface area contributed by atoms with Crippen LogP contribution in [0.15, 0.2) is 48.5 Å². The summed E-state index contributed by atoms with van der Waals surface area (Å²) in [5.41, 5.74) is 2.61. The third kappa shape index (κ3) is 2.14. The summed E-state index contributed by atoms with van der Waals surface area (Å²) in [6.45, 7) is 0. The van der Waals surface area contributed by atoms with E-state index in [4.69, 9.17) is 0 Å². The third-order valence-corrected chi connectivity index (χ3v) is 3.48. The number of anilines is 1. The average Bonchev–Trinajstić information content (AvgIpc) is 2.46. The molecule has 0 aromatic heterocycles. The van der Waals surface area contributed by atoms with E-state index in [-0.39, 0.29) is 17.5 Å². The van der Waals surface area contributed by atoms with Crippen LogP contribution in [-0.4, -0.2) is 10.8 Å². The van der Waals surface area contributed by atoms with Crippen molar-refractivity contribution >= 4 is 17.3 Å². The first-order chi connectivity index (χ1) is 9.65. The fraction of sp³-hybridized carbons (Fsp3) is 0.133. The van der Waals surface area contributed by atoms with Gasteiger partial charge in [0.2, 0.25) is 5.91 Å². The van der Waals surface area contributed by atoms with Gasteiger partial charge in [-0.3, -0.25) is 14.9 Å². The van der Waals surface area contributed by atoms with Crippen molar-refractivity contribution in [1.29, 1.82) is 0 Å². The lowest BCUT2D eigenvalue weighted by Crippen LogP contribution is -2.23. The summed E-state index contributed by atoms with van der Waals surface area (Å²) in [6.07, 6.45) is 0.304. The Morgan fingerprint density at radius 1 is 1.15 bits per heavy atom. The maximum atomic E-state index is 11.8. The summed E-state index contributed by atoms with van der Waals surface area (Å²) < 4.78 is 0. The number of benzene rings is 2. The van der Waals surface area contributed by atoms with E-state index in [9.17, 15) is 14.9 Å². The van der Waals surface area contributed by atoms with Crippen LogP contribution in [0.2, 0.25) is 0 Å². The van der Waals surface area contributed by atoms with Crippen LogP contribution in [0.5, 0.6) is 0 Å². The molecule has 1 heterocycles. The molecule has 100 valence electrons. The number of hydrogen-bond acceptors (Lipinski definition) is 3. The maximum absolute atomic E-state index is 11.8. The normalized spacial score (nSPS) is 17.2. The minimum absolute atomic E-state index is 0.0472. The lowest BCUT2D eigenvalue weighted by atomic mass is 9.85. The first-order valence-electron chi connectivity index (χ1n) is 6.28. The molecule has 0 radical (unpaired) electrons. The number of nitro benzene ring substituents is 1. The molecular weight excluding hydrogens is 256 g/mol. The highest BCUT2D eigenvalue weighted by atomic mass is 16.6. The number of nitro groups is 1. The van der Waals surface area contributed by atoms with Gasteiger partial charge >= 0.3 is 0 Å². The van der Waals surface area contributed by atoms with E-state index >= 15 is 0 Å². The average molecular weight is 268 g/mol. The van der Waals surface area contributed by atoms with Crippen molar-refractivity contribution in [2.45, 2.75) is 12.3 Å². The second-order valence-electron chi connectivity index (χ2n) is 4.74.